The minimum atomic E-state index is -0.997. The lowest BCUT2D eigenvalue weighted by Gasteiger charge is -2.37. The second kappa shape index (κ2) is 10.8. The van der Waals surface area contributed by atoms with Gasteiger partial charge in [-0.1, -0.05) is 0 Å². The van der Waals surface area contributed by atoms with Crippen molar-refractivity contribution in [3.8, 4) is 23.0 Å². The summed E-state index contributed by atoms with van der Waals surface area (Å²) in [5.74, 6) is 1.18. The lowest BCUT2D eigenvalue weighted by Crippen LogP contribution is -2.43. The van der Waals surface area contributed by atoms with Gasteiger partial charge in [-0.25, -0.2) is 4.79 Å². The van der Waals surface area contributed by atoms with E-state index in [1.54, 1.807) is 29.2 Å². The van der Waals surface area contributed by atoms with Gasteiger partial charge in [0.2, 0.25) is 0 Å². The van der Waals surface area contributed by atoms with Gasteiger partial charge in [0.25, 0.3) is 0 Å². The monoisotopic (exact) mass is 458 g/mol. The van der Waals surface area contributed by atoms with Crippen LogP contribution in [-0.4, -0.2) is 56.0 Å². The van der Waals surface area contributed by atoms with Crippen LogP contribution in [0.2, 0.25) is 0 Å². The van der Waals surface area contributed by atoms with Gasteiger partial charge in [0.15, 0.2) is 23.0 Å². The van der Waals surface area contributed by atoms with E-state index >= 15 is 0 Å². The van der Waals surface area contributed by atoms with Crippen LogP contribution in [0.4, 0.5) is 10.5 Å². The van der Waals surface area contributed by atoms with Crippen molar-refractivity contribution in [1.29, 1.82) is 0 Å². The second-order valence-corrected chi connectivity index (χ2v) is 7.42. The number of carbonyl (C=O) groups excluding carboxylic acids is 1. The number of carboxylic acid groups (broad SMARTS) is 1. The first-order valence-corrected chi connectivity index (χ1v) is 10.9. The van der Waals surface area contributed by atoms with E-state index in [0.29, 0.717) is 54.9 Å². The van der Waals surface area contributed by atoms with Gasteiger partial charge in [-0.3, -0.25) is 4.79 Å². The second-order valence-electron chi connectivity index (χ2n) is 7.42. The summed E-state index contributed by atoms with van der Waals surface area (Å²) in [7, 11) is 3.05. The molecule has 1 aliphatic heterocycles. The predicted octanol–water partition coefficient (Wildman–Crippen LogP) is 4.11. The Bertz CT molecular complexity index is 1010. The van der Waals surface area contributed by atoms with Gasteiger partial charge in [-0.05, 0) is 55.7 Å². The molecule has 0 unspecified atom stereocenters. The Morgan fingerprint density at radius 3 is 2.27 bits per heavy atom. The average Bonchev–Trinajstić information content (AvgIpc) is 2.79. The van der Waals surface area contributed by atoms with Crippen LogP contribution in [0.5, 0.6) is 23.0 Å². The van der Waals surface area contributed by atoms with Crippen LogP contribution in [0, 0.1) is 0 Å². The van der Waals surface area contributed by atoms with E-state index in [1.807, 2.05) is 19.9 Å². The number of aliphatic carboxylic acids is 1. The SMILES string of the molecule is CCOc1cc2c(cc1OCC)[C@@H](CC(=O)O)N(C(=O)Nc1ccc(OC)c(OC)c1)CC2. The highest BCUT2D eigenvalue weighted by Crippen LogP contribution is 2.40. The fourth-order valence-corrected chi connectivity index (χ4v) is 3.98. The van der Waals surface area contributed by atoms with Gasteiger partial charge < -0.3 is 34.3 Å². The third kappa shape index (κ3) is 5.42. The number of hydrogen-bond acceptors (Lipinski definition) is 6. The number of anilines is 1. The largest absolute Gasteiger partial charge is 0.493 e. The van der Waals surface area contributed by atoms with Crippen molar-refractivity contribution in [3.63, 3.8) is 0 Å². The number of methoxy groups -OCH3 is 2. The Hall–Kier alpha value is -3.62. The zero-order valence-electron chi connectivity index (χ0n) is 19.3. The van der Waals surface area contributed by atoms with Crippen LogP contribution in [0.15, 0.2) is 30.3 Å². The molecule has 2 aromatic carbocycles. The van der Waals surface area contributed by atoms with Crippen LogP contribution < -0.4 is 24.3 Å². The van der Waals surface area contributed by atoms with Crippen LogP contribution in [0.1, 0.15) is 37.4 Å². The number of ether oxygens (including phenoxy) is 4. The summed E-state index contributed by atoms with van der Waals surface area (Å²) in [6.07, 6.45) is 0.336. The molecule has 2 amide bonds. The fourth-order valence-electron chi connectivity index (χ4n) is 3.98. The molecule has 0 saturated heterocycles. The maximum Gasteiger partial charge on any atom is 0.322 e. The molecule has 0 aliphatic carbocycles. The molecule has 0 fully saturated rings. The predicted molar refractivity (Wildman–Crippen MR) is 123 cm³/mol. The Kier molecular flexibility index (Phi) is 7.87. The number of nitrogens with zero attached hydrogens (tertiary/aromatic N) is 1. The number of amides is 2. The van der Waals surface area contributed by atoms with Gasteiger partial charge >= 0.3 is 12.0 Å². The maximum absolute atomic E-state index is 13.2. The highest BCUT2D eigenvalue weighted by molar-refractivity contribution is 5.90. The number of fused-ring (bicyclic) bond motifs is 1. The van der Waals surface area contributed by atoms with Crippen LogP contribution in [0.3, 0.4) is 0 Å². The molecule has 3 rings (SSSR count). The normalized spacial score (nSPS) is 14.8. The number of hydrogen-bond donors (Lipinski definition) is 2. The molecule has 33 heavy (non-hydrogen) atoms. The minimum Gasteiger partial charge on any atom is -0.493 e. The Morgan fingerprint density at radius 1 is 1.00 bits per heavy atom. The van der Waals surface area contributed by atoms with Crippen molar-refractivity contribution in [2.75, 3.05) is 39.3 Å². The van der Waals surface area contributed by atoms with E-state index in [9.17, 15) is 14.7 Å². The number of benzene rings is 2. The van der Waals surface area contributed by atoms with Crippen molar-refractivity contribution in [1.82, 2.24) is 4.90 Å². The summed E-state index contributed by atoms with van der Waals surface area (Å²) < 4.78 is 22.0. The smallest absolute Gasteiger partial charge is 0.322 e. The summed E-state index contributed by atoms with van der Waals surface area (Å²) in [5, 5.41) is 12.4. The van der Waals surface area contributed by atoms with Gasteiger partial charge in [-0.15, -0.1) is 0 Å². The summed E-state index contributed by atoms with van der Waals surface area (Å²) in [6, 6.07) is 7.69. The molecule has 1 heterocycles. The average molecular weight is 459 g/mol. The third-order valence-corrected chi connectivity index (χ3v) is 5.43. The summed E-state index contributed by atoms with van der Waals surface area (Å²) in [4.78, 5) is 26.4. The third-order valence-electron chi connectivity index (χ3n) is 5.43. The van der Waals surface area contributed by atoms with Crippen LogP contribution in [-0.2, 0) is 11.2 Å². The Labute approximate surface area is 193 Å². The lowest BCUT2D eigenvalue weighted by molar-refractivity contribution is -0.138. The number of carbonyl (C=O) groups is 2. The van der Waals surface area contributed by atoms with E-state index in [-0.39, 0.29) is 6.42 Å². The molecule has 0 bridgehead atoms. The lowest BCUT2D eigenvalue weighted by atomic mass is 9.90. The van der Waals surface area contributed by atoms with E-state index in [0.717, 1.165) is 11.1 Å². The standard InChI is InChI=1S/C24H30N2O7/c1-5-32-21-11-15-9-10-26(18(14-23(27)28)17(15)13-22(21)33-6-2)24(29)25-16-7-8-19(30-3)20(12-16)31-4/h7-8,11-13,18H,5-6,9-10,14H2,1-4H3,(H,25,29)(H,27,28)/t18-/m1/s1. The summed E-state index contributed by atoms with van der Waals surface area (Å²) in [5.41, 5.74) is 2.21. The van der Waals surface area contributed by atoms with E-state index in [1.165, 1.54) is 14.2 Å². The summed E-state index contributed by atoms with van der Waals surface area (Å²) >= 11 is 0. The van der Waals surface area contributed by atoms with E-state index < -0.39 is 18.0 Å². The first kappa shape index (κ1) is 24.0. The summed E-state index contributed by atoms with van der Waals surface area (Å²) in [6.45, 7) is 5.04. The Balaban J connectivity index is 1.92. The zero-order chi connectivity index (χ0) is 24.0. The van der Waals surface area contributed by atoms with Crippen molar-refractivity contribution >= 4 is 17.7 Å². The molecule has 2 aromatic rings. The first-order valence-electron chi connectivity index (χ1n) is 10.9. The van der Waals surface area contributed by atoms with Crippen LogP contribution >= 0.6 is 0 Å². The molecule has 1 atom stereocenters. The first-order chi connectivity index (χ1) is 15.9. The Morgan fingerprint density at radius 2 is 1.67 bits per heavy atom. The molecule has 1 aliphatic rings. The van der Waals surface area contributed by atoms with Gasteiger partial charge in [0.05, 0.1) is 39.9 Å². The van der Waals surface area contributed by atoms with Crippen molar-refractivity contribution in [2.45, 2.75) is 32.7 Å². The number of carboxylic acids is 1. The molecule has 0 saturated carbocycles. The molecule has 2 N–H and O–H groups in total. The minimum absolute atomic E-state index is 0.230. The van der Waals surface area contributed by atoms with Gasteiger partial charge in [0.1, 0.15) is 0 Å². The number of rotatable bonds is 9. The molecule has 9 heteroatoms. The molecule has 178 valence electrons. The molecule has 0 aromatic heterocycles. The molecule has 0 spiro atoms. The maximum atomic E-state index is 13.2. The number of nitrogens with one attached hydrogen (secondary N) is 1. The molecule has 0 radical (unpaired) electrons. The molecule has 9 nitrogen and oxygen atoms in total. The van der Waals surface area contributed by atoms with E-state index in [2.05, 4.69) is 5.32 Å². The van der Waals surface area contributed by atoms with Gasteiger partial charge in [-0.2, -0.15) is 0 Å². The van der Waals surface area contributed by atoms with Crippen molar-refractivity contribution in [2.24, 2.45) is 0 Å². The number of urea groups is 1. The highest BCUT2D eigenvalue weighted by atomic mass is 16.5. The quantitative estimate of drug-likeness (QED) is 0.582. The van der Waals surface area contributed by atoms with Crippen LogP contribution in [0.25, 0.3) is 0 Å². The van der Waals surface area contributed by atoms with Crippen molar-refractivity contribution in [3.05, 3.63) is 41.5 Å². The van der Waals surface area contributed by atoms with Gasteiger partial charge in [0, 0.05) is 18.3 Å². The van der Waals surface area contributed by atoms with E-state index in [4.69, 9.17) is 18.9 Å². The fraction of sp³-hybridized carbons (Fsp3) is 0.417. The molecular formula is C24H30N2O7. The zero-order valence-corrected chi connectivity index (χ0v) is 19.3. The molecular weight excluding hydrogens is 428 g/mol. The topological polar surface area (TPSA) is 107 Å². The highest BCUT2D eigenvalue weighted by Gasteiger charge is 2.34. The van der Waals surface area contributed by atoms with Crippen molar-refractivity contribution < 1.29 is 33.6 Å².